The van der Waals surface area contributed by atoms with Gasteiger partial charge in [-0.1, -0.05) is 6.07 Å². The van der Waals surface area contributed by atoms with Crippen LogP contribution in [0.15, 0.2) is 18.2 Å². The summed E-state index contributed by atoms with van der Waals surface area (Å²) in [6, 6.07) is 5.54. The minimum absolute atomic E-state index is 0.430. The first kappa shape index (κ1) is 10.7. The Kier molecular flexibility index (Phi) is 2.91. The summed E-state index contributed by atoms with van der Waals surface area (Å²) >= 11 is 1.15. The van der Waals surface area contributed by atoms with Gasteiger partial charge in [-0.3, -0.25) is 0 Å². The van der Waals surface area contributed by atoms with Crippen molar-refractivity contribution in [3.05, 3.63) is 18.2 Å². The number of nitrogens with zero attached hydrogens (tertiary/aromatic N) is 2. The Morgan fingerprint density at radius 3 is 2.62 bits per heavy atom. The molecule has 1 aromatic carbocycles. The van der Waals surface area contributed by atoms with Crippen LogP contribution < -0.4 is 15.2 Å². The Labute approximate surface area is 97.0 Å². The average Bonchev–Trinajstić information content (AvgIpc) is 2.74. The fourth-order valence-corrected chi connectivity index (χ4v) is 1.85. The van der Waals surface area contributed by atoms with Gasteiger partial charge in [0.2, 0.25) is 0 Å². The summed E-state index contributed by atoms with van der Waals surface area (Å²) in [5.41, 5.74) is 6.32. The number of nitrogen functional groups attached to an aromatic ring is 1. The largest absolute Gasteiger partial charge is 0.493 e. The van der Waals surface area contributed by atoms with E-state index >= 15 is 0 Å². The molecule has 0 saturated heterocycles. The fraction of sp³-hybridized carbons (Fsp3) is 0.200. The molecule has 0 saturated carbocycles. The quantitative estimate of drug-likeness (QED) is 0.881. The molecule has 0 unspecified atom stereocenters. The van der Waals surface area contributed by atoms with Gasteiger partial charge < -0.3 is 15.2 Å². The van der Waals surface area contributed by atoms with Crippen LogP contribution >= 0.6 is 11.5 Å². The molecule has 2 aromatic rings. The maximum absolute atomic E-state index is 5.55. The standard InChI is InChI=1S/C10H11N3O2S/c1-14-7-5-3-4-6(8(7)15-2)9-12-10(11)16-13-9/h3-5H,1-2H3,(H2,11,12,13). The molecule has 1 heterocycles. The first-order chi connectivity index (χ1) is 7.76. The maximum atomic E-state index is 5.55. The number of hydrogen-bond donors (Lipinski definition) is 1. The van der Waals surface area contributed by atoms with Crippen LogP contribution in [0.25, 0.3) is 11.4 Å². The third kappa shape index (κ3) is 1.79. The van der Waals surface area contributed by atoms with Gasteiger partial charge >= 0.3 is 0 Å². The Morgan fingerprint density at radius 2 is 2.06 bits per heavy atom. The normalized spacial score (nSPS) is 10.1. The molecule has 84 valence electrons. The lowest BCUT2D eigenvalue weighted by atomic mass is 10.2. The van der Waals surface area contributed by atoms with E-state index < -0.39 is 0 Å². The molecule has 2 N–H and O–H groups in total. The number of aromatic nitrogens is 2. The van der Waals surface area contributed by atoms with Crippen LogP contribution in [0.3, 0.4) is 0 Å². The number of rotatable bonds is 3. The van der Waals surface area contributed by atoms with E-state index in [2.05, 4.69) is 9.36 Å². The van der Waals surface area contributed by atoms with Gasteiger partial charge in [0, 0.05) is 11.5 Å². The predicted octanol–water partition coefficient (Wildman–Crippen LogP) is 1.80. The van der Waals surface area contributed by atoms with Crippen LogP contribution in [0.2, 0.25) is 0 Å². The molecule has 0 aliphatic heterocycles. The number of hydrogen-bond acceptors (Lipinski definition) is 6. The van der Waals surface area contributed by atoms with Crippen molar-refractivity contribution in [3.8, 4) is 22.9 Å². The van der Waals surface area contributed by atoms with E-state index in [1.807, 2.05) is 18.2 Å². The van der Waals surface area contributed by atoms with Gasteiger partial charge in [-0.05, 0) is 12.1 Å². The third-order valence-corrected chi connectivity index (χ3v) is 2.63. The monoisotopic (exact) mass is 237 g/mol. The third-order valence-electron chi connectivity index (χ3n) is 2.09. The smallest absolute Gasteiger partial charge is 0.200 e. The average molecular weight is 237 g/mol. The Morgan fingerprint density at radius 1 is 1.25 bits per heavy atom. The second kappa shape index (κ2) is 4.36. The van der Waals surface area contributed by atoms with E-state index in [1.165, 1.54) is 0 Å². The van der Waals surface area contributed by atoms with Crippen molar-refractivity contribution < 1.29 is 9.47 Å². The number of ether oxygens (including phenoxy) is 2. The summed E-state index contributed by atoms with van der Waals surface area (Å²) in [4.78, 5) is 4.11. The number of para-hydroxylation sites is 1. The Bertz CT molecular complexity index is 499. The van der Waals surface area contributed by atoms with E-state index in [0.717, 1.165) is 17.1 Å². The van der Waals surface area contributed by atoms with Crippen LogP contribution in [-0.2, 0) is 0 Å². The van der Waals surface area contributed by atoms with Crippen molar-refractivity contribution in [3.63, 3.8) is 0 Å². The van der Waals surface area contributed by atoms with Gasteiger partial charge in [0.1, 0.15) is 0 Å². The van der Waals surface area contributed by atoms with Gasteiger partial charge in [-0.25, -0.2) is 0 Å². The van der Waals surface area contributed by atoms with E-state index in [4.69, 9.17) is 15.2 Å². The Hall–Kier alpha value is -1.82. The van der Waals surface area contributed by atoms with Crippen molar-refractivity contribution in [2.45, 2.75) is 0 Å². The summed E-state index contributed by atoms with van der Waals surface area (Å²) in [5, 5.41) is 0.430. The molecule has 5 nitrogen and oxygen atoms in total. The van der Waals surface area contributed by atoms with Crippen molar-refractivity contribution >= 4 is 16.7 Å². The summed E-state index contributed by atoms with van der Waals surface area (Å²) < 4.78 is 14.6. The lowest BCUT2D eigenvalue weighted by Crippen LogP contribution is -1.94. The molecule has 0 atom stereocenters. The molecule has 16 heavy (non-hydrogen) atoms. The van der Waals surface area contributed by atoms with Gasteiger partial charge in [0.05, 0.1) is 19.8 Å². The van der Waals surface area contributed by atoms with Crippen LogP contribution in [0.4, 0.5) is 5.13 Å². The van der Waals surface area contributed by atoms with Crippen molar-refractivity contribution in [2.75, 3.05) is 20.0 Å². The topological polar surface area (TPSA) is 70.3 Å². The molecule has 0 amide bonds. The molecule has 0 aliphatic carbocycles. The molecule has 2 rings (SSSR count). The fourth-order valence-electron chi connectivity index (χ4n) is 1.41. The van der Waals surface area contributed by atoms with Crippen molar-refractivity contribution in [1.29, 1.82) is 0 Å². The lowest BCUT2D eigenvalue weighted by molar-refractivity contribution is 0.356. The molecular weight excluding hydrogens is 226 g/mol. The van der Waals surface area contributed by atoms with Crippen LogP contribution in [-0.4, -0.2) is 23.6 Å². The van der Waals surface area contributed by atoms with Gasteiger partial charge in [0.15, 0.2) is 22.5 Å². The van der Waals surface area contributed by atoms with Crippen molar-refractivity contribution in [1.82, 2.24) is 9.36 Å². The first-order valence-electron chi connectivity index (χ1n) is 4.56. The first-order valence-corrected chi connectivity index (χ1v) is 5.34. The van der Waals surface area contributed by atoms with Gasteiger partial charge in [-0.2, -0.15) is 9.36 Å². The van der Waals surface area contributed by atoms with Gasteiger partial charge in [-0.15, -0.1) is 0 Å². The molecule has 1 aromatic heterocycles. The van der Waals surface area contributed by atoms with E-state index in [9.17, 15) is 0 Å². The van der Waals surface area contributed by atoms with Crippen LogP contribution in [0.5, 0.6) is 11.5 Å². The molecular formula is C10H11N3O2S. The minimum Gasteiger partial charge on any atom is -0.493 e. The molecule has 0 aliphatic rings. The van der Waals surface area contributed by atoms with E-state index in [0.29, 0.717) is 22.5 Å². The zero-order chi connectivity index (χ0) is 11.5. The summed E-state index contributed by atoms with van der Waals surface area (Å²) in [6.45, 7) is 0. The second-order valence-corrected chi connectivity index (χ2v) is 3.78. The zero-order valence-electron chi connectivity index (χ0n) is 8.93. The van der Waals surface area contributed by atoms with E-state index in [-0.39, 0.29) is 0 Å². The molecule has 0 radical (unpaired) electrons. The van der Waals surface area contributed by atoms with Gasteiger partial charge in [0.25, 0.3) is 0 Å². The van der Waals surface area contributed by atoms with Crippen molar-refractivity contribution in [2.24, 2.45) is 0 Å². The maximum Gasteiger partial charge on any atom is 0.200 e. The number of anilines is 1. The lowest BCUT2D eigenvalue weighted by Gasteiger charge is -2.09. The molecule has 0 bridgehead atoms. The highest BCUT2D eigenvalue weighted by molar-refractivity contribution is 7.09. The molecule has 0 fully saturated rings. The summed E-state index contributed by atoms with van der Waals surface area (Å²) in [5.74, 6) is 1.81. The molecule has 6 heteroatoms. The number of benzene rings is 1. The van der Waals surface area contributed by atoms with Crippen LogP contribution in [0.1, 0.15) is 0 Å². The van der Waals surface area contributed by atoms with Crippen LogP contribution in [0, 0.1) is 0 Å². The number of nitrogens with two attached hydrogens (primary N) is 1. The Balaban J connectivity index is 2.56. The highest BCUT2D eigenvalue weighted by Crippen LogP contribution is 2.36. The highest BCUT2D eigenvalue weighted by Gasteiger charge is 2.14. The molecule has 0 spiro atoms. The zero-order valence-corrected chi connectivity index (χ0v) is 9.75. The number of methoxy groups -OCH3 is 2. The van der Waals surface area contributed by atoms with E-state index in [1.54, 1.807) is 14.2 Å². The highest BCUT2D eigenvalue weighted by atomic mass is 32.1. The minimum atomic E-state index is 0.430. The summed E-state index contributed by atoms with van der Waals surface area (Å²) in [7, 11) is 3.17. The predicted molar refractivity (Wildman–Crippen MR) is 62.9 cm³/mol. The SMILES string of the molecule is COc1cccc(-c2nsc(N)n2)c1OC. The summed E-state index contributed by atoms with van der Waals surface area (Å²) in [6.07, 6.45) is 0. The second-order valence-electron chi connectivity index (χ2n) is 3.00.